The second-order valence-electron chi connectivity index (χ2n) is 5.00. The van der Waals surface area contributed by atoms with Gasteiger partial charge in [-0.05, 0) is 44.5 Å². The van der Waals surface area contributed by atoms with Gasteiger partial charge in [-0.2, -0.15) is 5.48 Å². The van der Waals surface area contributed by atoms with E-state index in [1.807, 2.05) is 39.0 Å². The normalized spacial score (nSPS) is 11.3. The molecule has 2 rings (SSSR count). The minimum absolute atomic E-state index is 0.211. The molecule has 6 heteroatoms. The number of carbonyl (C=O) groups excluding carboxylic acids is 1. The molecule has 2 aromatic rings. The maximum atomic E-state index is 12.2. The van der Waals surface area contributed by atoms with E-state index in [-0.39, 0.29) is 5.70 Å². The summed E-state index contributed by atoms with van der Waals surface area (Å²) in [5, 5.41) is 0.478. The molecule has 0 aliphatic heterocycles. The summed E-state index contributed by atoms with van der Waals surface area (Å²) in [4.78, 5) is 26.1. The fourth-order valence-corrected chi connectivity index (χ4v) is 2.21. The van der Waals surface area contributed by atoms with Crippen LogP contribution in [0.5, 0.6) is 5.75 Å². The second kappa shape index (κ2) is 11.1. The van der Waals surface area contributed by atoms with Crippen LogP contribution < -0.4 is 10.3 Å². The summed E-state index contributed by atoms with van der Waals surface area (Å²) in [6.45, 7) is 9.36. The summed E-state index contributed by atoms with van der Waals surface area (Å²) >= 11 is 6.10. The lowest BCUT2D eigenvalue weighted by Crippen LogP contribution is -2.28. The van der Waals surface area contributed by atoms with Crippen molar-refractivity contribution in [3.05, 3.63) is 70.6 Å². The Morgan fingerprint density at radius 3 is 2.54 bits per heavy atom. The van der Waals surface area contributed by atoms with Crippen LogP contribution in [0.15, 0.2) is 59.4 Å². The number of rotatable bonds is 5. The third-order valence-electron chi connectivity index (χ3n) is 3.24. The first kappa shape index (κ1) is 21.4. The van der Waals surface area contributed by atoms with Crippen molar-refractivity contribution < 1.29 is 9.63 Å². The fourth-order valence-electron chi connectivity index (χ4n) is 1.96. The molecule has 1 aromatic heterocycles. The molecule has 1 aromatic carbocycles. The minimum Gasteiger partial charge on any atom is -0.379 e. The lowest BCUT2D eigenvalue weighted by atomic mass is 10.2. The lowest BCUT2D eigenvalue weighted by Gasteiger charge is -2.10. The van der Waals surface area contributed by atoms with Crippen molar-refractivity contribution in [1.82, 2.24) is 10.5 Å². The minimum atomic E-state index is -0.452. The number of hydrogen-bond donors (Lipinski definition) is 1. The molecular weight excluding hydrogens is 350 g/mol. The molecule has 0 fully saturated rings. The SMILES string of the molecule is C/C=C(\N=C(C)c1ncccc1Cl)C(=O)NOc1ccccc1C.CC. The number of para-hydroxylation sites is 1. The van der Waals surface area contributed by atoms with Crippen LogP contribution in [0.25, 0.3) is 0 Å². The molecule has 0 saturated carbocycles. The quantitative estimate of drug-likeness (QED) is 0.461. The Morgan fingerprint density at radius 1 is 1.23 bits per heavy atom. The zero-order valence-electron chi connectivity index (χ0n) is 15.7. The van der Waals surface area contributed by atoms with Crippen LogP contribution in [-0.4, -0.2) is 16.6 Å². The highest BCUT2D eigenvalue weighted by molar-refractivity contribution is 6.33. The summed E-state index contributed by atoms with van der Waals surface area (Å²) in [6, 6.07) is 10.8. The molecule has 0 spiro atoms. The summed E-state index contributed by atoms with van der Waals surface area (Å²) in [7, 11) is 0. The molecule has 5 nitrogen and oxygen atoms in total. The van der Waals surface area contributed by atoms with Gasteiger partial charge in [0.15, 0.2) is 5.75 Å². The van der Waals surface area contributed by atoms with Gasteiger partial charge in [0, 0.05) is 6.20 Å². The number of aliphatic imine (C=N–C) groups is 1. The Hall–Kier alpha value is -2.66. The molecule has 1 amide bonds. The number of pyridine rings is 1. The highest BCUT2D eigenvalue weighted by atomic mass is 35.5. The Labute approximate surface area is 159 Å². The zero-order valence-corrected chi connectivity index (χ0v) is 16.5. The first-order valence-corrected chi connectivity index (χ1v) is 8.76. The van der Waals surface area contributed by atoms with Crippen molar-refractivity contribution in [2.24, 2.45) is 4.99 Å². The van der Waals surface area contributed by atoms with Gasteiger partial charge in [0.1, 0.15) is 11.4 Å². The standard InChI is InChI=1S/C18H18ClN3O2.C2H6/c1-4-15(21-13(3)17-14(19)9-7-11-20-17)18(23)22-24-16-10-6-5-8-12(16)2;1-2/h4-11H,1-3H3,(H,22,23);1-2H3/b15-4-,21-13?;. The third-order valence-corrected chi connectivity index (χ3v) is 3.55. The molecule has 138 valence electrons. The predicted molar refractivity (Wildman–Crippen MR) is 107 cm³/mol. The van der Waals surface area contributed by atoms with Crippen LogP contribution in [0.4, 0.5) is 0 Å². The summed E-state index contributed by atoms with van der Waals surface area (Å²) < 4.78 is 0. The largest absolute Gasteiger partial charge is 0.379 e. The van der Waals surface area contributed by atoms with E-state index in [1.165, 1.54) is 0 Å². The molecule has 1 N–H and O–H groups in total. The number of benzene rings is 1. The van der Waals surface area contributed by atoms with Gasteiger partial charge in [-0.3, -0.25) is 9.78 Å². The van der Waals surface area contributed by atoms with E-state index in [0.29, 0.717) is 22.2 Å². The molecule has 0 aliphatic carbocycles. The van der Waals surface area contributed by atoms with Crippen molar-refractivity contribution in [1.29, 1.82) is 0 Å². The fraction of sp³-hybridized carbons (Fsp3) is 0.250. The second-order valence-corrected chi connectivity index (χ2v) is 5.41. The maximum absolute atomic E-state index is 12.2. The van der Waals surface area contributed by atoms with E-state index in [0.717, 1.165) is 5.56 Å². The number of aromatic nitrogens is 1. The summed E-state index contributed by atoms with van der Waals surface area (Å²) in [6.07, 6.45) is 3.22. The van der Waals surface area contributed by atoms with Gasteiger partial charge < -0.3 is 4.84 Å². The van der Waals surface area contributed by atoms with Crippen molar-refractivity contribution >= 4 is 23.2 Å². The number of carbonyl (C=O) groups is 1. The summed E-state index contributed by atoms with van der Waals surface area (Å²) in [5.74, 6) is 0.127. The van der Waals surface area contributed by atoms with Gasteiger partial charge >= 0.3 is 5.91 Å². The molecule has 0 saturated heterocycles. The Kier molecular flexibility index (Phi) is 9.09. The van der Waals surface area contributed by atoms with Crippen molar-refractivity contribution in [3.8, 4) is 5.75 Å². The Bertz CT molecular complexity index is 801. The van der Waals surface area contributed by atoms with Crippen molar-refractivity contribution in [2.75, 3.05) is 0 Å². The maximum Gasteiger partial charge on any atom is 0.302 e. The van der Waals surface area contributed by atoms with E-state index < -0.39 is 5.91 Å². The molecule has 0 unspecified atom stereocenters. The molecule has 0 aliphatic rings. The number of allylic oxidation sites excluding steroid dienone is 1. The molecule has 26 heavy (non-hydrogen) atoms. The van der Waals surface area contributed by atoms with Crippen LogP contribution in [0.1, 0.15) is 39.0 Å². The highest BCUT2D eigenvalue weighted by Crippen LogP contribution is 2.16. The van der Waals surface area contributed by atoms with Gasteiger partial charge in [0.05, 0.1) is 10.7 Å². The average Bonchev–Trinajstić information content (AvgIpc) is 2.67. The first-order chi connectivity index (χ1) is 12.5. The number of nitrogens with one attached hydrogen (secondary N) is 1. The molecule has 1 heterocycles. The van der Waals surface area contributed by atoms with Gasteiger partial charge in [0.25, 0.3) is 0 Å². The smallest absolute Gasteiger partial charge is 0.302 e. The number of hydrogen-bond acceptors (Lipinski definition) is 4. The van der Waals surface area contributed by atoms with Crippen LogP contribution >= 0.6 is 11.6 Å². The van der Waals surface area contributed by atoms with Gasteiger partial charge in [-0.15, -0.1) is 0 Å². The monoisotopic (exact) mass is 373 g/mol. The van der Waals surface area contributed by atoms with Gasteiger partial charge in [-0.1, -0.05) is 49.7 Å². The van der Waals surface area contributed by atoms with E-state index >= 15 is 0 Å². The number of halogens is 1. The average molecular weight is 374 g/mol. The van der Waals surface area contributed by atoms with Crippen molar-refractivity contribution in [3.63, 3.8) is 0 Å². The Morgan fingerprint density at radius 2 is 1.92 bits per heavy atom. The van der Waals surface area contributed by atoms with Crippen LogP contribution in [0.2, 0.25) is 5.02 Å². The Balaban J connectivity index is 0.00000163. The predicted octanol–water partition coefficient (Wildman–Crippen LogP) is 4.89. The topological polar surface area (TPSA) is 63.6 Å². The van der Waals surface area contributed by atoms with E-state index in [1.54, 1.807) is 44.3 Å². The highest BCUT2D eigenvalue weighted by Gasteiger charge is 2.12. The van der Waals surface area contributed by atoms with Crippen molar-refractivity contribution in [2.45, 2.75) is 34.6 Å². The molecule has 0 radical (unpaired) electrons. The summed E-state index contributed by atoms with van der Waals surface area (Å²) in [5.41, 5.74) is 4.60. The van der Waals surface area contributed by atoms with E-state index in [9.17, 15) is 4.79 Å². The third kappa shape index (κ3) is 6.01. The van der Waals surface area contributed by atoms with Crippen LogP contribution in [-0.2, 0) is 4.79 Å². The van der Waals surface area contributed by atoms with E-state index in [2.05, 4.69) is 15.5 Å². The number of hydroxylamine groups is 1. The van der Waals surface area contributed by atoms with Crippen LogP contribution in [0, 0.1) is 6.92 Å². The number of amides is 1. The molecule has 0 atom stereocenters. The number of aryl methyl sites for hydroxylation is 1. The van der Waals surface area contributed by atoms with Gasteiger partial charge in [-0.25, -0.2) is 4.99 Å². The lowest BCUT2D eigenvalue weighted by molar-refractivity contribution is -0.123. The molecule has 0 bridgehead atoms. The number of nitrogens with zero attached hydrogens (tertiary/aromatic N) is 2. The molecular formula is C20H24ClN3O2. The van der Waals surface area contributed by atoms with Gasteiger partial charge in [0.2, 0.25) is 0 Å². The first-order valence-electron chi connectivity index (χ1n) is 8.38. The zero-order chi connectivity index (χ0) is 19.5. The van der Waals surface area contributed by atoms with E-state index in [4.69, 9.17) is 16.4 Å². The van der Waals surface area contributed by atoms with Crippen LogP contribution in [0.3, 0.4) is 0 Å².